The number of nitrogens with one attached hydrogen (secondary N) is 2. The third-order valence-corrected chi connectivity index (χ3v) is 10.4. The Balaban J connectivity index is 0. The van der Waals surface area contributed by atoms with E-state index in [9.17, 15) is 0 Å². The number of hydrogen-bond donors (Lipinski definition) is 2. The molecule has 4 rings (SSSR count). The van der Waals surface area contributed by atoms with Crippen LogP contribution in [-0.2, 0) is 22.7 Å². The van der Waals surface area contributed by atoms with Gasteiger partial charge in [0.05, 0.1) is 13.2 Å². The van der Waals surface area contributed by atoms with E-state index in [1.807, 2.05) is 0 Å². The Hall–Kier alpha value is -2.20. The molecule has 2 aliphatic carbocycles. The van der Waals surface area contributed by atoms with Crippen LogP contribution in [0.4, 0.5) is 11.4 Å². The summed E-state index contributed by atoms with van der Waals surface area (Å²) in [6.45, 7) is 12.9. The molecule has 2 atom stereocenters. The van der Waals surface area contributed by atoms with Crippen LogP contribution in [0.2, 0.25) is 0 Å². The molecule has 0 heterocycles. The number of benzene rings is 2. The first-order chi connectivity index (χ1) is 22.4. The number of anilines is 2. The lowest BCUT2D eigenvalue weighted by Gasteiger charge is -2.30. The largest absolute Gasteiger partial charge is 0.412 e. The second-order valence-corrected chi connectivity index (χ2v) is 15.4. The van der Waals surface area contributed by atoms with E-state index in [0.717, 1.165) is 48.6 Å². The van der Waals surface area contributed by atoms with Crippen molar-refractivity contribution in [2.45, 2.75) is 131 Å². The van der Waals surface area contributed by atoms with Crippen LogP contribution in [0.25, 0.3) is 0 Å². The smallest absolute Gasteiger partial charge is 0.0733 e. The average Bonchev–Trinajstić information content (AvgIpc) is 3.05. The highest BCUT2D eigenvalue weighted by Gasteiger charge is 2.22. The Morgan fingerprint density at radius 1 is 0.560 bits per heavy atom. The summed E-state index contributed by atoms with van der Waals surface area (Å²) in [5.41, 5.74) is 5.02. The van der Waals surface area contributed by atoms with Crippen molar-refractivity contribution in [1.29, 1.82) is 0 Å². The summed E-state index contributed by atoms with van der Waals surface area (Å²) >= 11 is 0. The summed E-state index contributed by atoms with van der Waals surface area (Å²) in [5.74, 6) is 5.35. The third kappa shape index (κ3) is 20.0. The lowest BCUT2D eigenvalue weighted by molar-refractivity contribution is 0.185. The molecule has 0 amide bonds. The molecule has 2 aliphatic rings. The van der Waals surface area contributed by atoms with Crippen LogP contribution in [0.1, 0.15) is 129 Å². The normalized spacial score (nSPS) is 19.8. The van der Waals surface area contributed by atoms with Gasteiger partial charge in [0.25, 0.3) is 0 Å². The molecule has 2 aromatic rings. The minimum atomic E-state index is 0. The molecule has 2 fully saturated rings. The van der Waals surface area contributed by atoms with Crippen LogP contribution in [0, 0.1) is 35.5 Å². The van der Waals surface area contributed by atoms with Gasteiger partial charge in [0.2, 0.25) is 0 Å². The summed E-state index contributed by atoms with van der Waals surface area (Å²) in [4.78, 5) is 0. The minimum absolute atomic E-state index is 0. The number of para-hydroxylation sites is 2. The minimum Gasteiger partial charge on any atom is -0.412 e. The molecule has 8 nitrogen and oxygen atoms in total. The molecule has 0 aliphatic heterocycles. The molecule has 0 bridgehead atoms. The molecule has 0 radical (unpaired) electrons. The molecule has 10 N–H and O–H groups in total. The van der Waals surface area contributed by atoms with E-state index in [4.69, 9.17) is 9.47 Å². The number of methoxy groups -OCH3 is 2. The molecule has 2 saturated carbocycles. The van der Waals surface area contributed by atoms with Crippen molar-refractivity contribution in [1.82, 2.24) is 0 Å². The molecule has 8 heteroatoms. The summed E-state index contributed by atoms with van der Waals surface area (Å²) in [6.07, 6.45) is 19.9. The molecule has 50 heavy (non-hydrogen) atoms. The molecule has 0 saturated heterocycles. The molecule has 2 aromatic carbocycles. The second kappa shape index (κ2) is 29.4. The predicted molar refractivity (Wildman–Crippen MR) is 214 cm³/mol. The highest BCUT2D eigenvalue weighted by Crippen LogP contribution is 2.34. The molecule has 0 aromatic heterocycles. The van der Waals surface area contributed by atoms with Crippen molar-refractivity contribution < 1.29 is 31.4 Å². The zero-order valence-corrected chi connectivity index (χ0v) is 32.6. The van der Waals surface area contributed by atoms with E-state index in [0.29, 0.717) is 13.2 Å². The van der Waals surface area contributed by atoms with Gasteiger partial charge in [-0.25, -0.2) is 0 Å². The fourth-order valence-corrected chi connectivity index (χ4v) is 7.66. The van der Waals surface area contributed by atoms with Crippen LogP contribution >= 0.6 is 0 Å². The zero-order valence-electron chi connectivity index (χ0n) is 32.6. The number of ether oxygens (including phenoxy) is 2. The Morgan fingerprint density at radius 3 is 1.46 bits per heavy atom. The van der Waals surface area contributed by atoms with E-state index in [2.05, 4.69) is 86.9 Å². The van der Waals surface area contributed by atoms with Gasteiger partial charge in [0.1, 0.15) is 0 Å². The first-order valence-corrected chi connectivity index (χ1v) is 19.0. The monoisotopic (exact) mass is 707 g/mol. The Labute approximate surface area is 306 Å². The lowest BCUT2D eigenvalue weighted by Crippen LogP contribution is -2.22. The van der Waals surface area contributed by atoms with Crippen LogP contribution < -0.4 is 10.6 Å². The lowest BCUT2D eigenvalue weighted by atomic mass is 9.79. The van der Waals surface area contributed by atoms with Gasteiger partial charge in [-0.1, -0.05) is 128 Å². The average molecular weight is 707 g/mol. The molecule has 2 unspecified atom stereocenters. The predicted octanol–water partition coefficient (Wildman–Crippen LogP) is 8.46. The van der Waals surface area contributed by atoms with Crippen molar-refractivity contribution in [3.8, 4) is 0 Å². The Bertz CT molecular complexity index is 1060. The third-order valence-electron chi connectivity index (χ3n) is 10.4. The Morgan fingerprint density at radius 2 is 0.980 bits per heavy atom. The van der Waals surface area contributed by atoms with Crippen molar-refractivity contribution in [3.05, 3.63) is 59.7 Å². The van der Waals surface area contributed by atoms with Gasteiger partial charge >= 0.3 is 0 Å². The summed E-state index contributed by atoms with van der Waals surface area (Å²) < 4.78 is 10.6. The maximum Gasteiger partial charge on any atom is 0.0733 e. The first-order valence-electron chi connectivity index (χ1n) is 19.0. The van der Waals surface area contributed by atoms with E-state index in [1.165, 1.54) is 112 Å². The van der Waals surface area contributed by atoms with E-state index in [1.54, 1.807) is 14.2 Å². The van der Waals surface area contributed by atoms with Crippen molar-refractivity contribution in [2.24, 2.45) is 35.5 Å². The van der Waals surface area contributed by atoms with Gasteiger partial charge in [-0.2, -0.15) is 0 Å². The van der Waals surface area contributed by atoms with Crippen molar-refractivity contribution in [3.63, 3.8) is 0 Å². The highest BCUT2D eigenvalue weighted by atomic mass is 16.5. The zero-order chi connectivity index (χ0) is 33.0. The summed E-state index contributed by atoms with van der Waals surface area (Å²) in [7, 11) is 3.52. The van der Waals surface area contributed by atoms with Crippen molar-refractivity contribution >= 4 is 11.4 Å². The SMILES string of the molecule is COCc1ccccc1NCC1CCC(CCCC(C)C)CC1.COCc1ccccc1NCC1CCCC(CCCC(C)C)C1.O.O.O.O. The van der Waals surface area contributed by atoms with Crippen molar-refractivity contribution in [2.75, 3.05) is 37.9 Å². The maximum atomic E-state index is 5.30. The maximum absolute atomic E-state index is 5.30. The quantitative estimate of drug-likeness (QED) is 0.159. The molecular formula is C42H78N2O6. The number of hydrogen-bond acceptors (Lipinski definition) is 4. The van der Waals surface area contributed by atoms with E-state index in [-0.39, 0.29) is 21.9 Å². The fraction of sp³-hybridized carbons (Fsp3) is 0.714. The number of rotatable bonds is 18. The Kier molecular flexibility index (Phi) is 29.3. The highest BCUT2D eigenvalue weighted by molar-refractivity contribution is 5.51. The fourth-order valence-electron chi connectivity index (χ4n) is 7.66. The van der Waals surface area contributed by atoms with Gasteiger partial charge in [0.15, 0.2) is 0 Å². The summed E-state index contributed by atoms with van der Waals surface area (Å²) in [5, 5.41) is 7.34. The van der Waals surface area contributed by atoms with Gasteiger partial charge in [-0.15, -0.1) is 0 Å². The van der Waals surface area contributed by atoms with E-state index < -0.39 is 0 Å². The summed E-state index contributed by atoms with van der Waals surface area (Å²) in [6, 6.07) is 17.0. The van der Waals surface area contributed by atoms with Gasteiger partial charge < -0.3 is 42.0 Å². The first kappa shape index (κ1) is 49.9. The van der Waals surface area contributed by atoms with E-state index >= 15 is 0 Å². The second-order valence-electron chi connectivity index (χ2n) is 15.4. The van der Waals surface area contributed by atoms with Crippen LogP contribution in [0.15, 0.2) is 48.5 Å². The van der Waals surface area contributed by atoms with Crippen LogP contribution in [-0.4, -0.2) is 49.2 Å². The van der Waals surface area contributed by atoms with Gasteiger partial charge in [-0.3, -0.25) is 0 Å². The standard InChI is InChI=1S/2C21H35NO.4H2O/c1-17(2)8-6-9-18-10-7-11-19(14-18)15-22-21-13-5-4-12-20(21)16-23-3;1-17(2)7-6-8-18-11-13-19(14-12-18)15-22-21-10-5-4-9-20(21)16-23-3;;;;/h4-5,12-13,17-19,22H,6-11,14-16H2,1-3H3;4-5,9-10,17-19,22H,6-8,11-16H2,1-3H3;4*1H2. The van der Waals surface area contributed by atoms with Gasteiger partial charge in [-0.05, 0) is 73.3 Å². The molecule has 0 spiro atoms. The molecule has 292 valence electrons. The molecular weight excluding hydrogens is 628 g/mol. The van der Waals surface area contributed by atoms with Gasteiger partial charge in [0, 0.05) is 49.8 Å². The topological polar surface area (TPSA) is 169 Å². The van der Waals surface area contributed by atoms with Crippen LogP contribution in [0.5, 0.6) is 0 Å². The van der Waals surface area contributed by atoms with Crippen LogP contribution in [0.3, 0.4) is 0 Å².